The summed E-state index contributed by atoms with van der Waals surface area (Å²) in [7, 11) is 1.55. The first-order chi connectivity index (χ1) is 19.0. The molecule has 0 aliphatic carbocycles. The van der Waals surface area contributed by atoms with Crippen molar-refractivity contribution >= 4 is 33.7 Å². The monoisotopic (exact) mass is 521 g/mol. The van der Waals surface area contributed by atoms with Crippen LogP contribution in [0, 0.1) is 5.82 Å². The SMILES string of the molecule is COc1ccc(-n2c(=O)c(C(=O)Nc3ccc(Oc4ccnc5[nH]ccc45)c(F)c3)cc3cccnc32)cc1. The van der Waals surface area contributed by atoms with Crippen LogP contribution in [0.3, 0.4) is 0 Å². The fourth-order valence-electron chi connectivity index (χ4n) is 4.28. The number of halogens is 1. The third-order valence-corrected chi connectivity index (χ3v) is 6.17. The van der Waals surface area contributed by atoms with Gasteiger partial charge in [-0.3, -0.25) is 14.2 Å². The normalized spacial score (nSPS) is 11.0. The summed E-state index contributed by atoms with van der Waals surface area (Å²) >= 11 is 0. The van der Waals surface area contributed by atoms with Crippen molar-refractivity contribution in [3.05, 3.63) is 113 Å². The van der Waals surface area contributed by atoms with E-state index in [9.17, 15) is 14.0 Å². The van der Waals surface area contributed by atoms with E-state index in [1.807, 2.05) is 0 Å². The Morgan fingerprint density at radius 1 is 0.974 bits per heavy atom. The van der Waals surface area contributed by atoms with E-state index in [0.29, 0.717) is 39.3 Å². The molecule has 0 fully saturated rings. The predicted octanol–water partition coefficient (Wildman–Crippen LogP) is 5.45. The summed E-state index contributed by atoms with van der Waals surface area (Å²) in [6, 6.07) is 19.2. The number of pyridine rings is 3. The van der Waals surface area contributed by atoms with Crippen LogP contribution in [0.2, 0.25) is 0 Å². The molecular weight excluding hydrogens is 501 g/mol. The molecule has 0 aliphatic heterocycles. The third-order valence-electron chi connectivity index (χ3n) is 6.17. The number of aromatic nitrogens is 4. The van der Waals surface area contributed by atoms with Crippen LogP contribution in [0.4, 0.5) is 10.1 Å². The molecule has 2 N–H and O–H groups in total. The van der Waals surface area contributed by atoms with Crippen molar-refractivity contribution in [2.24, 2.45) is 0 Å². The number of benzene rings is 2. The number of carbonyl (C=O) groups is 1. The number of ether oxygens (including phenoxy) is 2. The molecule has 192 valence electrons. The maximum Gasteiger partial charge on any atom is 0.269 e. The van der Waals surface area contributed by atoms with Crippen LogP contribution >= 0.6 is 0 Å². The van der Waals surface area contributed by atoms with Crippen molar-refractivity contribution in [1.82, 2.24) is 19.5 Å². The van der Waals surface area contributed by atoms with Crippen molar-refractivity contribution in [3.8, 4) is 22.9 Å². The first kappa shape index (κ1) is 23.9. The molecule has 2 aromatic carbocycles. The average molecular weight is 522 g/mol. The number of H-pyrrole nitrogens is 1. The summed E-state index contributed by atoms with van der Waals surface area (Å²) in [5.41, 5.74) is 0.982. The number of nitrogens with one attached hydrogen (secondary N) is 2. The molecule has 0 saturated carbocycles. The smallest absolute Gasteiger partial charge is 0.269 e. The lowest BCUT2D eigenvalue weighted by molar-refractivity contribution is 0.102. The highest BCUT2D eigenvalue weighted by Gasteiger charge is 2.19. The quantitative estimate of drug-likeness (QED) is 0.301. The Balaban J connectivity index is 1.32. The Labute approximate surface area is 220 Å². The second-order valence-electron chi connectivity index (χ2n) is 8.56. The fourth-order valence-corrected chi connectivity index (χ4v) is 4.28. The molecular formula is C29H20FN5O4. The molecule has 0 bridgehead atoms. The van der Waals surface area contributed by atoms with Gasteiger partial charge in [0.15, 0.2) is 11.6 Å². The molecule has 4 aromatic heterocycles. The number of methoxy groups -OCH3 is 1. The van der Waals surface area contributed by atoms with Crippen LogP contribution in [-0.4, -0.2) is 32.5 Å². The van der Waals surface area contributed by atoms with Crippen LogP contribution in [0.5, 0.6) is 17.2 Å². The molecule has 0 aliphatic rings. The average Bonchev–Trinajstić information content (AvgIpc) is 3.44. The molecule has 4 heterocycles. The van der Waals surface area contributed by atoms with Crippen molar-refractivity contribution in [2.45, 2.75) is 0 Å². The molecule has 0 spiro atoms. The van der Waals surface area contributed by atoms with Gasteiger partial charge in [-0.25, -0.2) is 14.4 Å². The van der Waals surface area contributed by atoms with E-state index in [4.69, 9.17) is 9.47 Å². The third kappa shape index (κ3) is 4.44. The van der Waals surface area contributed by atoms with E-state index in [1.165, 1.54) is 22.8 Å². The molecule has 0 radical (unpaired) electrons. The van der Waals surface area contributed by atoms with Crippen LogP contribution in [0.25, 0.3) is 27.8 Å². The van der Waals surface area contributed by atoms with Crippen molar-refractivity contribution in [2.75, 3.05) is 12.4 Å². The summed E-state index contributed by atoms with van der Waals surface area (Å²) in [6.07, 6.45) is 4.84. The van der Waals surface area contributed by atoms with Gasteiger partial charge in [-0.2, -0.15) is 0 Å². The van der Waals surface area contributed by atoms with Crippen LogP contribution in [0.1, 0.15) is 10.4 Å². The van der Waals surface area contributed by atoms with Gasteiger partial charge >= 0.3 is 0 Å². The Bertz CT molecular complexity index is 1910. The van der Waals surface area contributed by atoms with Gasteiger partial charge in [0, 0.05) is 35.7 Å². The zero-order valence-corrected chi connectivity index (χ0v) is 20.5. The number of hydrogen-bond acceptors (Lipinski definition) is 6. The Morgan fingerprint density at radius 3 is 2.62 bits per heavy atom. The molecule has 39 heavy (non-hydrogen) atoms. The van der Waals surface area contributed by atoms with E-state index in [-0.39, 0.29) is 17.0 Å². The van der Waals surface area contributed by atoms with E-state index >= 15 is 0 Å². The number of carbonyl (C=O) groups excluding carboxylic acids is 1. The lowest BCUT2D eigenvalue weighted by Gasteiger charge is -2.13. The summed E-state index contributed by atoms with van der Waals surface area (Å²) in [5.74, 6) is -0.356. The van der Waals surface area contributed by atoms with Gasteiger partial charge in [0.05, 0.1) is 18.2 Å². The van der Waals surface area contributed by atoms with Crippen LogP contribution in [-0.2, 0) is 0 Å². The van der Waals surface area contributed by atoms with Crippen LogP contribution < -0.4 is 20.3 Å². The molecule has 1 amide bonds. The highest BCUT2D eigenvalue weighted by molar-refractivity contribution is 6.05. The number of rotatable bonds is 6. The molecule has 0 saturated heterocycles. The van der Waals surface area contributed by atoms with Gasteiger partial charge < -0.3 is 19.8 Å². The summed E-state index contributed by atoms with van der Waals surface area (Å²) in [4.78, 5) is 38.3. The van der Waals surface area contributed by atoms with Gasteiger partial charge in [0.2, 0.25) is 0 Å². The Kier molecular flexibility index (Phi) is 5.96. The fraction of sp³-hybridized carbons (Fsp3) is 0.0345. The number of anilines is 1. The minimum atomic E-state index is -0.691. The zero-order chi connectivity index (χ0) is 26.9. The molecule has 10 heteroatoms. The van der Waals surface area contributed by atoms with Gasteiger partial charge in [-0.15, -0.1) is 0 Å². The van der Waals surface area contributed by atoms with Gasteiger partial charge in [-0.1, -0.05) is 0 Å². The summed E-state index contributed by atoms with van der Waals surface area (Å²) in [6.45, 7) is 0. The molecule has 9 nitrogen and oxygen atoms in total. The standard InChI is InChI=1S/C29H20FN5O4/c1-38-20-7-5-19(6-8-20)35-27-17(3-2-12-33-27)15-22(29(35)37)28(36)34-18-4-9-25(23(30)16-18)39-24-11-14-32-26-21(24)10-13-31-26/h2-16H,1H3,(H,31,32)(H,34,36). The maximum absolute atomic E-state index is 15.0. The molecule has 6 aromatic rings. The number of fused-ring (bicyclic) bond motifs is 2. The van der Waals surface area contributed by atoms with E-state index in [1.54, 1.807) is 74.2 Å². The van der Waals surface area contributed by atoms with E-state index in [2.05, 4.69) is 20.3 Å². The second kappa shape index (κ2) is 9.75. The van der Waals surface area contributed by atoms with Crippen molar-refractivity contribution in [3.63, 3.8) is 0 Å². The van der Waals surface area contributed by atoms with Gasteiger partial charge in [-0.05, 0) is 66.7 Å². The highest BCUT2D eigenvalue weighted by atomic mass is 19.1. The van der Waals surface area contributed by atoms with E-state index < -0.39 is 17.3 Å². The lowest BCUT2D eigenvalue weighted by atomic mass is 10.1. The molecule has 0 atom stereocenters. The van der Waals surface area contributed by atoms with Crippen LogP contribution in [0.15, 0.2) is 96.2 Å². The topological polar surface area (TPSA) is 111 Å². The summed E-state index contributed by atoms with van der Waals surface area (Å²) < 4.78 is 27.3. The first-order valence-corrected chi connectivity index (χ1v) is 11.9. The zero-order valence-electron chi connectivity index (χ0n) is 20.5. The Hall–Kier alpha value is -5.51. The maximum atomic E-state index is 15.0. The number of amides is 1. The minimum absolute atomic E-state index is 0.0275. The minimum Gasteiger partial charge on any atom is -0.497 e. The first-order valence-electron chi connectivity index (χ1n) is 11.9. The number of nitrogens with zero attached hydrogens (tertiary/aromatic N) is 3. The van der Waals surface area contributed by atoms with E-state index in [0.717, 1.165) is 6.07 Å². The van der Waals surface area contributed by atoms with Gasteiger partial charge in [0.1, 0.15) is 28.4 Å². The second-order valence-corrected chi connectivity index (χ2v) is 8.56. The predicted molar refractivity (Wildman–Crippen MR) is 144 cm³/mol. The number of hydrogen-bond donors (Lipinski definition) is 2. The Morgan fingerprint density at radius 2 is 1.82 bits per heavy atom. The molecule has 6 rings (SSSR count). The molecule has 0 unspecified atom stereocenters. The van der Waals surface area contributed by atoms with Crippen molar-refractivity contribution < 1.29 is 18.7 Å². The highest BCUT2D eigenvalue weighted by Crippen LogP contribution is 2.31. The van der Waals surface area contributed by atoms with Gasteiger partial charge in [0.25, 0.3) is 11.5 Å². The summed E-state index contributed by atoms with van der Waals surface area (Å²) in [5, 5.41) is 3.90. The lowest BCUT2D eigenvalue weighted by Crippen LogP contribution is -2.29. The number of aromatic amines is 1. The largest absolute Gasteiger partial charge is 0.497 e. The van der Waals surface area contributed by atoms with Crippen molar-refractivity contribution in [1.29, 1.82) is 0 Å².